The van der Waals surface area contributed by atoms with E-state index in [0.717, 1.165) is 43.0 Å². The molecule has 1 saturated carbocycles. The molecule has 3 aliphatic rings. The van der Waals surface area contributed by atoms with Crippen molar-refractivity contribution >= 4 is 46.2 Å². The van der Waals surface area contributed by atoms with Crippen molar-refractivity contribution < 1.29 is 19.1 Å². The molecule has 1 aromatic rings. The number of amides is 2. The Morgan fingerprint density at radius 1 is 1.22 bits per heavy atom. The van der Waals surface area contributed by atoms with Crippen LogP contribution in [0.2, 0.25) is 0 Å². The van der Waals surface area contributed by atoms with Gasteiger partial charge in [0.1, 0.15) is 11.9 Å². The number of carbonyl (C=O) groups excluding carboxylic acids is 3. The smallest absolute Gasteiger partial charge is 0.316 e. The maximum Gasteiger partial charge on any atom is 0.316 e. The molecule has 0 saturated heterocycles. The summed E-state index contributed by atoms with van der Waals surface area (Å²) in [6, 6.07) is 7.09. The Bertz CT molecular complexity index is 955. The SMILES string of the molecule is CCOC(=O)CSC1=Nc2ccccc2C2=N[C@H](CCC(=O)NC3CCCCC3)C(=O)N12. The van der Waals surface area contributed by atoms with Gasteiger partial charge in [-0.2, -0.15) is 0 Å². The van der Waals surface area contributed by atoms with Crippen LogP contribution < -0.4 is 5.32 Å². The normalized spacial score (nSPS) is 20.2. The minimum atomic E-state index is -0.637. The van der Waals surface area contributed by atoms with E-state index in [-0.39, 0.29) is 36.0 Å². The molecular weight excluding hydrogens is 428 g/mol. The number of benzene rings is 1. The second-order valence-electron chi connectivity index (χ2n) is 8.09. The molecule has 1 fully saturated rings. The molecule has 170 valence electrons. The molecule has 1 N–H and O–H groups in total. The summed E-state index contributed by atoms with van der Waals surface area (Å²) >= 11 is 1.16. The Kier molecular flexibility index (Phi) is 7.24. The number of nitrogens with one attached hydrogen (secondary N) is 1. The predicted octanol–water partition coefficient (Wildman–Crippen LogP) is 3.17. The van der Waals surface area contributed by atoms with E-state index in [9.17, 15) is 14.4 Å². The lowest BCUT2D eigenvalue weighted by Crippen LogP contribution is -2.41. The van der Waals surface area contributed by atoms with Crippen molar-refractivity contribution in [1.82, 2.24) is 10.2 Å². The molecule has 0 spiro atoms. The van der Waals surface area contributed by atoms with Crippen LogP contribution in [0.4, 0.5) is 5.69 Å². The first kappa shape index (κ1) is 22.5. The number of ether oxygens (including phenoxy) is 1. The number of hydrogen-bond acceptors (Lipinski definition) is 7. The minimum absolute atomic E-state index is 0.0271. The first-order valence-electron chi connectivity index (χ1n) is 11.2. The highest BCUT2D eigenvalue weighted by atomic mass is 32.2. The van der Waals surface area contributed by atoms with Crippen molar-refractivity contribution in [1.29, 1.82) is 0 Å². The Morgan fingerprint density at radius 3 is 2.78 bits per heavy atom. The maximum absolute atomic E-state index is 13.2. The highest BCUT2D eigenvalue weighted by Gasteiger charge is 2.41. The molecule has 9 heteroatoms. The third-order valence-corrected chi connectivity index (χ3v) is 6.70. The van der Waals surface area contributed by atoms with Crippen molar-refractivity contribution in [2.24, 2.45) is 9.98 Å². The zero-order valence-corrected chi connectivity index (χ0v) is 19.0. The molecule has 32 heavy (non-hydrogen) atoms. The van der Waals surface area contributed by atoms with E-state index in [0.29, 0.717) is 29.7 Å². The maximum atomic E-state index is 13.2. The summed E-state index contributed by atoms with van der Waals surface area (Å²) in [7, 11) is 0. The molecule has 0 aromatic heterocycles. The molecule has 1 aromatic carbocycles. The molecule has 0 radical (unpaired) electrons. The van der Waals surface area contributed by atoms with Gasteiger partial charge in [0, 0.05) is 18.0 Å². The van der Waals surface area contributed by atoms with Gasteiger partial charge in [0.25, 0.3) is 5.91 Å². The summed E-state index contributed by atoms with van der Waals surface area (Å²) in [5.74, 6) is -0.0130. The molecule has 2 aliphatic heterocycles. The quantitative estimate of drug-likeness (QED) is 0.635. The fourth-order valence-corrected chi connectivity index (χ4v) is 5.03. The Hall–Kier alpha value is -2.68. The fraction of sp³-hybridized carbons (Fsp3) is 0.522. The van der Waals surface area contributed by atoms with Gasteiger partial charge in [0.2, 0.25) is 5.91 Å². The van der Waals surface area contributed by atoms with Gasteiger partial charge in [-0.15, -0.1) is 0 Å². The van der Waals surface area contributed by atoms with Crippen molar-refractivity contribution in [3.63, 3.8) is 0 Å². The Balaban J connectivity index is 1.45. The molecule has 2 amide bonds. The molecule has 0 unspecified atom stereocenters. The predicted molar refractivity (Wildman–Crippen MR) is 124 cm³/mol. The molecule has 4 rings (SSSR count). The Morgan fingerprint density at radius 2 is 2.00 bits per heavy atom. The molecule has 1 atom stereocenters. The second kappa shape index (κ2) is 10.3. The topological polar surface area (TPSA) is 100 Å². The molecule has 1 aliphatic carbocycles. The zero-order chi connectivity index (χ0) is 22.5. The summed E-state index contributed by atoms with van der Waals surface area (Å²) in [5, 5.41) is 3.51. The van der Waals surface area contributed by atoms with E-state index >= 15 is 0 Å². The highest BCUT2D eigenvalue weighted by molar-refractivity contribution is 8.14. The Labute approximate surface area is 191 Å². The summed E-state index contributed by atoms with van der Waals surface area (Å²) in [4.78, 5) is 48.2. The van der Waals surface area contributed by atoms with Crippen LogP contribution in [0.15, 0.2) is 34.3 Å². The van der Waals surface area contributed by atoms with E-state index in [1.165, 1.54) is 11.3 Å². The van der Waals surface area contributed by atoms with Gasteiger partial charge in [-0.25, -0.2) is 9.89 Å². The van der Waals surface area contributed by atoms with Gasteiger partial charge in [-0.1, -0.05) is 43.2 Å². The van der Waals surface area contributed by atoms with Crippen LogP contribution in [0.5, 0.6) is 0 Å². The molecule has 2 heterocycles. The van der Waals surface area contributed by atoms with Crippen LogP contribution in [0.1, 0.15) is 57.4 Å². The third kappa shape index (κ3) is 5.03. The largest absolute Gasteiger partial charge is 0.465 e. The minimum Gasteiger partial charge on any atom is -0.465 e. The number of hydrogen-bond donors (Lipinski definition) is 1. The average Bonchev–Trinajstić information content (AvgIpc) is 3.14. The lowest BCUT2D eigenvalue weighted by molar-refractivity contribution is -0.139. The van der Waals surface area contributed by atoms with Crippen LogP contribution in [0, 0.1) is 0 Å². The van der Waals surface area contributed by atoms with Crippen molar-refractivity contribution in [3.8, 4) is 0 Å². The van der Waals surface area contributed by atoms with Crippen molar-refractivity contribution in [2.75, 3.05) is 12.4 Å². The number of carbonyl (C=O) groups is 3. The van der Waals surface area contributed by atoms with E-state index in [1.54, 1.807) is 6.92 Å². The molecular formula is C23H28N4O4S. The summed E-state index contributed by atoms with van der Waals surface area (Å²) in [6.45, 7) is 2.05. The van der Waals surface area contributed by atoms with E-state index in [2.05, 4.69) is 15.3 Å². The van der Waals surface area contributed by atoms with Gasteiger partial charge < -0.3 is 10.1 Å². The van der Waals surface area contributed by atoms with Crippen molar-refractivity contribution in [2.45, 2.75) is 64.0 Å². The number of para-hydroxylation sites is 1. The van der Waals surface area contributed by atoms with Crippen LogP contribution in [0.3, 0.4) is 0 Å². The van der Waals surface area contributed by atoms with Crippen LogP contribution in [0.25, 0.3) is 0 Å². The molecule has 0 bridgehead atoms. The summed E-state index contributed by atoms with van der Waals surface area (Å²) < 4.78 is 5.00. The van der Waals surface area contributed by atoms with Gasteiger partial charge in [0.05, 0.1) is 18.0 Å². The van der Waals surface area contributed by atoms with Crippen LogP contribution >= 0.6 is 11.8 Å². The van der Waals surface area contributed by atoms with E-state index in [1.807, 2.05) is 24.3 Å². The first-order valence-corrected chi connectivity index (χ1v) is 12.2. The zero-order valence-electron chi connectivity index (χ0n) is 18.2. The number of amidine groups is 2. The lowest BCUT2D eigenvalue weighted by atomic mass is 9.95. The standard InChI is InChI=1S/C23H28N4O4S/c1-2-31-20(29)14-32-23-26-17-11-7-6-10-16(17)21-25-18(22(30)27(21)23)12-13-19(28)24-15-8-4-3-5-9-15/h6-7,10-11,15,18H,2-5,8-9,12-14H2,1H3,(H,24,28)/t18-/m1/s1. The third-order valence-electron chi connectivity index (χ3n) is 5.79. The summed E-state index contributed by atoms with van der Waals surface area (Å²) in [5.41, 5.74) is 1.48. The second-order valence-corrected chi connectivity index (χ2v) is 9.03. The monoisotopic (exact) mass is 456 g/mol. The lowest BCUT2D eigenvalue weighted by Gasteiger charge is -2.25. The molecule has 8 nitrogen and oxygen atoms in total. The van der Waals surface area contributed by atoms with Gasteiger partial charge in [-0.05, 0) is 38.3 Å². The number of rotatable bonds is 7. The van der Waals surface area contributed by atoms with E-state index in [4.69, 9.17) is 4.74 Å². The number of aliphatic imine (C=N–C) groups is 2. The van der Waals surface area contributed by atoms with E-state index < -0.39 is 6.04 Å². The first-order chi connectivity index (χ1) is 15.6. The van der Waals surface area contributed by atoms with Gasteiger partial charge >= 0.3 is 5.97 Å². The number of fused-ring (bicyclic) bond motifs is 3. The fourth-order valence-electron chi connectivity index (χ4n) is 4.23. The van der Waals surface area contributed by atoms with Crippen LogP contribution in [-0.2, 0) is 19.1 Å². The van der Waals surface area contributed by atoms with Gasteiger partial charge in [-0.3, -0.25) is 19.4 Å². The number of esters is 1. The highest BCUT2D eigenvalue weighted by Crippen LogP contribution is 2.34. The number of thioether (sulfide) groups is 1. The average molecular weight is 457 g/mol. The van der Waals surface area contributed by atoms with Gasteiger partial charge in [0.15, 0.2) is 5.17 Å². The van der Waals surface area contributed by atoms with Crippen LogP contribution in [-0.4, -0.2) is 58.1 Å². The summed E-state index contributed by atoms with van der Waals surface area (Å²) in [6.07, 6.45) is 6.18. The van der Waals surface area contributed by atoms with Crippen molar-refractivity contribution in [3.05, 3.63) is 29.8 Å². The number of nitrogens with zero attached hydrogens (tertiary/aromatic N) is 3.